The molecule has 1 heterocycles. The third-order valence-electron chi connectivity index (χ3n) is 6.63. The molecule has 4 aromatic rings. The van der Waals surface area contributed by atoms with Crippen molar-refractivity contribution in [3.05, 3.63) is 144 Å². The minimum atomic E-state index is -1.72. The summed E-state index contributed by atoms with van der Waals surface area (Å²) in [5.41, 5.74) is 0.680. The summed E-state index contributed by atoms with van der Waals surface area (Å²) >= 11 is 0. The highest BCUT2D eigenvalue weighted by Gasteiger charge is 2.54. The first-order chi connectivity index (χ1) is 21.4. The first-order valence-corrected chi connectivity index (χ1v) is 13.6. The molecule has 0 bridgehead atoms. The molecule has 1 saturated heterocycles. The van der Waals surface area contributed by atoms with Crippen molar-refractivity contribution < 1.29 is 47.7 Å². The Labute approximate surface area is 252 Å². The van der Waals surface area contributed by atoms with Crippen LogP contribution in [0.5, 0.6) is 0 Å². The van der Waals surface area contributed by atoms with E-state index in [1.165, 1.54) is 48.5 Å². The van der Waals surface area contributed by atoms with E-state index in [0.29, 0.717) is 0 Å². The van der Waals surface area contributed by atoms with E-state index in [2.05, 4.69) is 0 Å². The standard InChI is InChI=1S/C34H26O10/c35-30(22-13-5-1-6-14-22)40-21-26(41-31(36)23-15-7-2-8-16-23)27-28(43-32(37)24-17-9-3-10-18-24)29(34(39)42-27)44-33(38)25-19-11-4-12-20-25/h1-20,26-29H,21H2. The Morgan fingerprint density at radius 1 is 0.568 bits per heavy atom. The molecule has 0 aromatic heterocycles. The van der Waals surface area contributed by atoms with Gasteiger partial charge in [-0.3, -0.25) is 0 Å². The van der Waals surface area contributed by atoms with Crippen molar-refractivity contribution in [1.82, 2.24) is 0 Å². The van der Waals surface area contributed by atoms with Crippen molar-refractivity contribution >= 4 is 29.8 Å². The van der Waals surface area contributed by atoms with Crippen LogP contribution in [0.4, 0.5) is 0 Å². The van der Waals surface area contributed by atoms with E-state index in [1.807, 2.05) is 0 Å². The Bertz CT molecular complexity index is 1610. The maximum Gasteiger partial charge on any atom is 0.352 e. The molecule has 0 saturated carbocycles. The van der Waals surface area contributed by atoms with Gasteiger partial charge in [-0.1, -0.05) is 72.8 Å². The highest BCUT2D eigenvalue weighted by atomic mass is 16.7. The summed E-state index contributed by atoms with van der Waals surface area (Å²) in [4.78, 5) is 65.1. The van der Waals surface area contributed by atoms with E-state index < -0.39 is 60.9 Å². The first kappa shape index (κ1) is 29.7. The smallest absolute Gasteiger partial charge is 0.352 e. The summed E-state index contributed by atoms with van der Waals surface area (Å²) in [5, 5.41) is 0. The Balaban J connectivity index is 1.45. The topological polar surface area (TPSA) is 132 Å². The molecule has 0 N–H and O–H groups in total. The van der Waals surface area contributed by atoms with Gasteiger partial charge < -0.3 is 23.7 Å². The second-order valence-corrected chi connectivity index (χ2v) is 9.60. The predicted molar refractivity (Wildman–Crippen MR) is 154 cm³/mol. The molecule has 0 amide bonds. The molecule has 0 spiro atoms. The van der Waals surface area contributed by atoms with Gasteiger partial charge in [-0.15, -0.1) is 0 Å². The molecule has 1 fully saturated rings. The molecule has 222 valence electrons. The molecule has 5 rings (SSSR count). The Morgan fingerprint density at radius 2 is 0.977 bits per heavy atom. The third-order valence-corrected chi connectivity index (χ3v) is 6.63. The molecule has 4 atom stereocenters. The van der Waals surface area contributed by atoms with Crippen LogP contribution in [0.3, 0.4) is 0 Å². The van der Waals surface area contributed by atoms with Crippen LogP contribution in [0.1, 0.15) is 41.4 Å². The highest BCUT2D eigenvalue weighted by Crippen LogP contribution is 2.29. The van der Waals surface area contributed by atoms with Crippen LogP contribution in [0.25, 0.3) is 0 Å². The molecule has 0 aliphatic carbocycles. The number of esters is 5. The second kappa shape index (κ2) is 13.9. The van der Waals surface area contributed by atoms with Gasteiger partial charge >= 0.3 is 29.8 Å². The molecule has 4 unspecified atom stereocenters. The first-order valence-electron chi connectivity index (χ1n) is 13.6. The lowest BCUT2D eigenvalue weighted by Gasteiger charge is -2.27. The van der Waals surface area contributed by atoms with Crippen molar-refractivity contribution in [2.24, 2.45) is 0 Å². The zero-order chi connectivity index (χ0) is 30.9. The normalized spacial score (nSPS) is 17.9. The molecule has 1 aliphatic heterocycles. The maximum atomic E-state index is 13.2. The van der Waals surface area contributed by atoms with Crippen molar-refractivity contribution in [2.45, 2.75) is 24.4 Å². The summed E-state index contributed by atoms with van der Waals surface area (Å²) in [6.45, 7) is -0.580. The average Bonchev–Trinajstić information content (AvgIpc) is 3.37. The zero-order valence-corrected chi connectivity index (χ0v) is 23.1. The fraction of sp³-hybridized carbons (Fsp3) is 0.147. The lowest BCUT2D eigenvalue weighted by molar-refractivity contribution is -0.152. The number of hydrogen-bond acceptors (Lipinski definition) is 10. The zero-order valence-electron chi connectivity index (χ0n) is 23.1. The number of cyclic esters (lactones) is 1. The quantitative estimate of drug-likeness (QED) is 0.192. The van der Waals surface area contributed by atoms with Crippen LogP contribution in [-0.4, -0.2) is 60.9 Å². The minimum absolute atomic E-state index is 0.140. The van der Waals surface area contributed by atoms with E-state index in [4.69, 9.17) is 23.7 Å². The van der Waals surface area contributed by atoms with E-state index >= 15 is 0 Å². The number of rotatable bonds is 10. The van der Waals surface area contributed by atoms with Gasteiger partial charge in [0.2, 0.25) is 6.10 Å². The van der Waals surface area contributed by atoms with Crippen LogP contribution in [-0.2, 0) is 28.5 Å². The fourth-order valence-corrected chi connectivity index (χ4v) is 4.42. The summed E-state index contributed by atoms with van der Waals surface area (Å²) in [5.74, 6) is -4.32. The Kier molecular flexibility index (Phi) is 9.41. The van der Waals surface area contributed by atoms with Gasteiger partial charge in [0.05, 0.1) is 22.3 Å². The second-order valence-electron chi connectivity index (χ2n) is 9.60. The number of carbonyl (C=O) groups excluding carboxylic acids is 5. The van der Waals surface area contributed by atoms with Crippen molar-refractivity contribution in [3.63, 3.8) is 0 Å². The van der Waals surface area contributed by atoms with Crippen LogP contribution in [0.15, 0.2) is 121 Å². The summed E-state index contributed by atoms with van der Waals surface area (Å²) in [6, 6.07) is 31.9. The maximum absolute atomic E-state index is 13.2. The van der Waals surface area contributed by atoms with Crippen LogP contribution in [0.2, 0.25) is 0 Å². The lowest BCUT2D eigenvalue weighted by Crippen LogP contribution is -2.47. The molecule has 10 nitrogen and oxygen atoms in total. The fourth-order valence-electron chi connectivity index (χ4n) is 4.42. The minimum Gasteiger partial charge on any atom is -0.458 e. The molecule has 4 aromatic carbocycles. The molecule has 44 heavy (non-hydrogen) atoms. The molecule has 10 heteroatoms. The van der Waals surface area contributed by atoms with Gasteiger partial charge in [-0.05, 0) is 48.5 Å². The monoisotopic (exact) mass is 594 g/mol. The van der Waals surface area contributed by atoms with Crippen LogP contribution < -0.4 is 0 Å². The van der Waals surface area contributed by atoms with Gasteiger partial charge in [0, 0.05) is 0 Å². The number of carbonyl (C=O) groups is 5. The summed E-state index contributed by atoms with van der Waals surface area (Å²) in [6.07, 6.45) is -6.27. The lowest BCUT2D eigenvalue weighted by atomic mass is 10.0. The molecular weight excluding hydrogens is 568 g/mol. The Hall–Kier alpha value is -5.77. The number of hydrogen-bond donors (Lipinski definition) is 0. The summed E-state index contributed by atoms with van der Waals surface area (Å²) in [7, 11) is 0. The molecule has 1 aliphatic rings. The molecular formula is C34H26O10. The van der Waals surface area contributed by atoms with Crippen molar-refractivity contribution in [2.75, 3.05) is 6.61 Å². The number of ether oxygens (including phenoxy) is 5. The third kappa shape index (κ3) is 7.16. The van der Waals surface area contributed by atoms with E-state index in [1.54, 1.807) is 72.8 Å². The van der Waals surface area contributed by atoms with Crippen molar-refractivity contribution in [3.8, 4) is 0 Å². The van der Waals surface area contributed by atoms with Gasteiger partial charge in [0.1, 0.15) is 6.61 Å². The average molecular weight is 595 g/mol. The highest BCUT2D eigenvalue weighted by molar-refractivity contribution is 5.93. The molecule has 0 radical (unpaired) electrons. The van der Waals surface area contributed by atoms with Crippen molar-refractivity contribution in [1.29, 1.82) is 0 Å². The van der Waals surface area contributed by atoms with Gasteiger partial charge in [-0.25, -0.2) is 24.0 Å². The van der Waals surface area contributed by atoms with Crippen LogP contribution in [0, 0.1) is 0 Å². The predicted octanol–water partition coefficient (Wildman–Crippen LogP) is 4.45. The summed E-state index contributed by atoms with van der Waals surface area (Å²) < 4.78 is 27.8. The van der Waals surface area contributed by atoms with E-state index in [-0.39, 0.29) is 22.3 Å². The SMILES string of the molecule is O=C(OCC(OC(=O)c1ccccc1)C1OC(=O)C(OC(=O)c2ccccc2)C1OC(=O)c1ccccc1)c1ccccc1. The largest absolute Gasteiger partial charge is 0.458 e. The van der Waals surface area contributed by atoms with Crippen LogP contribution >= 0.6 is 0 Å². The Morgan fingerprint density at radius 3 is 1.45 bits per heavy atom. The number of benzene rings is 4. The van der Waals surface area contributed by atoms with Gasteiger partial charge in [0.25, 0.3) is 0 Å². The van der Waals surface area contributed by atoms with E-state index in [9.17, 15) is 24.0 Å². The van der Waals surface area contributed by atoms with Gasteiger partial charge in [0.15, 0.2) is 18.3 Å². The van der Waals surface area contributed by atoms with Gasteiger partial charge in [-0.2, -0.15) is 0 Å². The van der Waals surface area contributed by atoms with E-state index in [0.717, 1.165) is 0 Å².